The van der Waals surface area contributed by atoms with Gasteiger partial charge in [-0.15, -0.1) is 0 Å². The molecule has 3 aromatic carbocycles. The van der Waals surface area contributed by atoms with Crippen molar-refractivity contribution in [2.75, 3.05) is 6.61 Å². The summed E-state index contributed by atoms with van der Waals surface area (Å²) in [7, 11) is 0. The van der Waals surface area contributed by atoms with Gasteiger partial charge in [-0.1, -0.05) is 59.6 Å². The zero-order valence-electron chi connectivity index (χ0n) is 18.9. The zero-order valence-corrected chi connectivity index (χ0v) is 20.5. The molecule has 1 heterocycles. The van der Waals surface area contributed by atoms with Crippen LogP contribution in [0.3, 0.4) is 0 Å². The van der Waals surface area contributed by atoms with Crippen LogP contribution >= 0.6 is 23.4 Å². The second kappa shape index (κ2) is 10.8. The normalized spacial score (nSPS) is 14.7. The predicted molar refractivity (Wildman–Crippen MR) is 136 cm³/mol. The van der Waals surface area contributed by atoms with Crippen molar-refractivity contribution in [2.45, 2.75) is 27.0 Å². The average molecular weight is 494 g/mol. The van der Waals surface area contributed by atoms with E-state index in [0.29, 0.717) is 34.6 Å². The van der Waals surface area contributed by atoms with E-state index in [2.05, 4.69) is 0 Å². The van der Waals surface area contributed by atoms with Gasteiger partial charge in [0.15, 0.2) is 11.5 Å². The Hall–Kier alpha value is -3.22. The maximum atomic E-state index is 12.9. The van der Waals surface area contributed by atoms with E-state index >= 15 is 0 Å². The molecule has 34 heavy (non-hydrogen) atoms. The highest BCUT2D eigenvalue weighted by Crippen LogP contribution is 2.35. The number of carbonyl (C=O) groups excluding carboxylic acids is 2. The quantitative estimate of drug-likeness (QED) is 0.321. The lowest BCUT2D eigenvalue weighted by Crippen LogP contribution is -2.27. The number of carbonyl (C=O) groups is 2. The number of benzene rings is 3. The van der Waals surface area contributed by atoms with Gasteiger partial charge < -0.3 is 9.47 Å². The number of rotatable bonds is 8. The van der Waals surface area contributed by atoms with E-state index in [-0.39, 0.29) is 17.7 Å². The lowest BCUT2D eigenvalue weighted by Gasteiger charge is -2.13. The summed E-state index contributed by atoms with van der Waals surface area (Å²) in [5, 5.41) is 0.377. The van der Waals surface area contributed by atoms with Crippen molar-refractivity contribution >= 4 is 40.6 Å². The SMILES string of the molecule is CCOc1cc(/C=C2\SC(=O)N(Cc3cccc(C)c3)C2=O)ccc1OCc1cccc(Cl)c1. The number of ether oxygens (including phenoxy) is 2. The Morgan fingerprint density at radius 3 is 2.50 bits per heavy atom. The molecule has 0 unspecified atom stereocenters. The van der Waals surface area contributed by atoms with E-state index in [9.17, 15) is 9.59 Å². The van der Waals surface area contributed by atoms with Gasteiger partial charge in [-0.3, -0.25) is 14.5 Å². The third-order valence-electron chi connectivity index (χ3n) is 5.15. The first-order valence-electron chi connectivity index (χ1n) is 10.9. The molecule has 7 heteroatoms. The number of halogens is 1. The molecule has 1 aliphatic heterocycles. The first-order chi connectivity index (χ1) is 16.4. The summed E-state index contributed by atoms with van der Waals surface area (Å²) in [4.78, 5) is 27.1. The molecule has 0 bridgehead atoms. The van der Waals surface area contributed by atoms with Crippen molar-refractivity contribution in [1.29, 1.82) is 0 Å². The number of aryl methyl sites for hydroxylation is 1. The molecule has 0 spiro atoms. The lowest BCUT2D eigenvalue weighted by atomic mass is 10.1. The van der Waals surface area contributed by atoms with Gasteiger partial charge >= 0.3 is 0 Å². The van der Waals surface area contributed by atoms with Crippen LogP contribution in [0, 0.1) is 6.92 Å². The second-order valence-corrected chi connectivity index (χ2v) is 9.24. The fourth-order valence-electron chi connectivity index (χ4n) is 3.57. The fraction of sp³-hybridized carbons (Fsp3) is 0.185. The standard InChI is InChI=1S/C27H24ClNO4S/c1-3-32-24-14-19(10-11-23(24)33-17-21-8-5-9-22(28)13-21)15-25-26(30)29(27(31)34-25)16-20-7-4-6-18(2)12-20/h4-15H,3,16-17H2,1-2H3/b25-15-. The second-order valence-electron chi connectivity index (χ2n) is 7.81. The first kappa shape index (κ1) is 23.9. The number of nitrogens with zero attached hydrogens (tertiary/aromatic N) is 1. The molecule has 0 aromatic heterocycles. The van der Waals surface area contributed by atoms with E-state index in [1.165, 1.54) is 4.90 Å². The van der Waals surface area contributed by atoms with E-state index < -0.39 is 0 Å². The fourth-order valence-corrected chi connectivity index (χ4v) is 4.62. The van der Waals surface area contributed by atoms with Crippen LogP contribution in [-0.4, -0.2) is 22.7 Å². The van der Waals surface area contributed by atoms with Crippen LogP contribution in [0.25, 0.3) is 6.08 Å². The van der Waals surface area contributed by atoms with Gasteiger partial charge in [0.25, 0.3) is 11.1 Å². The maximum Gasteiger partial charge on any atom is 0.293 e. The molecule has 3 aromatic rings. The Balaban J connectivity index is 1.51. The molecule has 0 radical (unpaired) electrons. The molecule has 0 saturated carbocycles. The third kappa shape index (κ3) is 5.82. The molecule has 1 fully saturated rings. The number of thioether (sulfide) groups is 1. The van der Waals surface area contributed by atoms with Crippen molar-refractivity contribution in [3.63, 3.8) is 0 Å². The van der Waals surface area contributed by atoms with Crippen molar-refractivity contribution in [3.8, 4) is 11.5 Å². The molecular weight excluding hydrogens is 470 g/mol. The smallest absolute Gasteiger partial charge is 0.293 e. The highest BCUT2D eigenvalue weighted by molar-refractivity contribution is 8.18. The summed E-state index contributed by atoms with van der Waals surface area (Å²) in [5.74, 6) is 0.861. The number of imide groups is 1. The molecule has 0 aliphatic carbocycles. The molecule has 4 rings (SSSR count). The molecule has 5 nitrogen and oxygen atoms in total. The predicted octanol–water partition coefficient (Wildman–Crippen LogP) is 6.86. The van der Waals surface area contributed by atoms with Gasteiger partial charge in [0.2, 0.25) is 0 Å². The minimum atomic E-state index is -0.296. The van der Waals surface area contributed by atoms with Crippen LogP contribution < -0.4 is 9.47 Å². The van der Waals surface area contributed by atoms with E-state index in [1.54, 1.807) is 12.1 Å². The zero-order chi connectivity index (χ0) is 24.1. The summed E-state index contributed by atoms with van der Waals surface area (Å²) in [6.07, 6.45) is 1.71. The van der Waals surface area contributed by atoms with Gasteiger partial charge in [0.1, 0.15) is 6.61 Å². The van der Waals surface area contributed by atoms with Gasteiger partial charge in [-0.25, -0.2) is 0 Å². The van der Waals surface area contributed by atoms with Gasteiger partial charge in [-0.05, 0) is 72.6 Å². The van der Waals surface area contributed by atoms with E-state index in [4.69, 9.17) is 21.1 Å². The molecule has 2 amide bonds. The van der Waals surface area contributed by atoms with E-state index in [0.717, 1.165) is 34.0 Å². The summed E-state index contributed by atoms with van der Waals surface area (Å²) in [5.41, 5.74) is 3.70. The Labute approximate surface area is 208 Å². The molecule has 0 N–H and O–H groups in total. The highest BCUT2D eigenvalue weighted by atomic mass is 35.5. The molecule has 174 valence electrons. The number of hydrogen-bond acceptors (Lipinski definition) is 5. The molecule has 1 aliphatic rings. The van der Waals surface area contributed by atoms with Gasteiger partial charge in [0, 0.05) is 5.02 Å². The first-order valence-corrected chi connectivity index (χ1v) is 12.1. The number of amides is 2. The van der Waals surface area contributed by atoms with Crippen molar-refractivity contribution < 1.29 is 19.1 Å². The van der Waals surface area contributed by atoms with Crippen LogP contribution in [0.1, 0.15) is 29.2 Å². The summed E-state index contributed by atoms with van der Waals surface area (Å²) in [6.45, 7) is 4.94. The van der Waals surface area contributed by atoms with Gasteiger partial charge in [-0.2, -0.15) is 0 Å². The van der Waals surface area contributed by atoms with Crippen LogP contribution in [-0.2, 0) is 17.9 Å². The van der Waals surface area contributed by atoms with Crippen molar-refractivity contribution in [3.05, 3.63) is 98.9 Å². The topological polar surface area (TPSA) is 55.8 Å². The van der Waals surface area contributed by atoms with Crippen LogP contribution in [0.4, 0.5) is 4.79 Å². The van der Waals surface area contributed by atoms with Crippen LogP contribution in [0.2, 0.25) is 5.02 Å². The largest absolute Gasteiger partial charge is 0.490 e. The van der Waals surface area contributed by atoms with Crippen LogP contribution in [0.5, 0.6) is 11.5 Å². The third-order valence-corrected chi connectivity index (χ3v) is 6.29. The lowest BCUT2D eigenvalue weighted by molar-refractivity contribution is -0.123. The Kier molecular flexibility index (Phi) is 7.60. The highest BCUT2D eigenvalue weighted by Gasteiger charge is 2.35. The van der Waals surface area contributed by atoms with Gasteiger partial charge in [0.05, 0.1) is 18.1 Å². The minimum Gasteiger partial charge on any atom is -0.490 e. The Bertz CT molecular complexity index is 1260. The minimum absolute atomic E-state index is 0.254. The van der Waals surface area contributed by atoms with Crippen LogP contribution in [0.15, 0.2) is 71.6 Å². The Morgan fingerprint density at radius 2 is 1.74 bits per heavy atom. The Morgan fingerprint density at radius 1 is 0.941 bits per heavy atom. The summed E-state index contributed by atoms with van der Waals surface area (Å²) in [6, 6.07) is 20.7. The summed E-state index contributed by atoms with van der Waals surface area (Å²) >= 11 is 7.00. The maximum absolute atomic E-state index is 12.9. The molecular formula is C27H24ClNO4S. The van der Waals surface area contributed by atoms with Crippen molar-refractivity contribution in [1.82, 2.24) is 4.90 Å². The van der Waals surface area contributed by atoms with Crippen molar-refractivity contribution in [2.24, 2.45) is 0 Å². The number of hydrogen-bond donors (Lipinski definition) is 0. The summed E-state index contributed by atoms with van der Waals surface area (Å²) < 4.78 is 11.7. The monoisotopic (exact) mass is 493 g/mol. The molecule has 1 saturated heterocycles. The van der Waals surface area contributed by atoms with E-state index in [1.807, 2.05) is 74.5 Å². The molecule has 0 atom stereocenters. The average Bonchev–Trinajstić information content (AvgIpc) is 3.06.